The van der Waals surface area contributed by atoms with Gasteiger partial charge in [0, 0.05) is 33.3 Å². The first-order valence-electron chi connectivity index (χ1n) is 13.0. The molecule has 1 saturated heterocycles. The van der Waals surface area contributed by atoms with Crippen LogP contribution in [0.2, 0.25) is 0 Å². The molecule has 1 fully saturated rings. The molecule has 1 aliphatic rings. The van der Waals surface area contributed by atoms with Gasteiger partial charge in [0.05, 0.1) is 18.4 Å². The van der Waals surface area contributed by atoms with Gasteiger partial charge in [-0.1, -0.05) is 40.5 Å². The second-order valence-corrected chi connectivity index (χ2v) is 8.00. The Labute approximate surface area is 212 Å². The van der Waals surface area contributed by atoms with Crippen LogP contribution in [0.25, 0.3) is 5.70 Å². The highest BCUT2D eigenvalue weighted by molar-refractivity contribution is 5.73. The van der Waals surface area contributed by atoms with Crippen molar-refractivity contribution in [1.29, 1.82) is 0 Å². The third-order valence-corrected chi connectivity index (χ3v) is 5.35. The van der Waals surface area contributed by atoms with Crippen molar-refractivity contribution in [3.05, 3.63) is 36.0 Å². The standard InChI is InChI=1S/C23H37N3O5.2C2H6/c1-25-20(15-26(2)14-6-4-3-5-7-22(24)29)17-8-10-18(11-9-17)30-23-21(28)13-12-19(16-27)31-23;2*1-2/h8-11,15,19,21,23,25,27-28H,3-7,12-14,16H2,1-2H3,(H2,24,29);2*1-2H3/b20-15-;;/t19?,21?,23-;;/m0../s1. The van der Waals surface area contributed by atoms with Gasteiger partial charge in [-0.15, -0.1) is 0 Å². The quantitative estimate of drug-likeness (QED) is 0.307. The van der Waals surface area contributed by atoms with Gasteiger partial charge in [-0.3, -0.25) is 4.79 Å². The molecule has 3 atom stereocenters. The van der Waals surface area contributed by atoms with Gasteiger partial charge in [0.15, 0.2) is 0 Å². The Bertz CT molecular complexity index is 697. The van der Waals surface area contributed by atoms with Crippen molar-refractivity contribution in [3.8, 4) is 5.75 Å². The summed E-state index contributed by atoms with van der Waals surface area (Å²) in [5, 5.41) is 22.6. The van der Waals surface area contributed by atoms with Gasteiger partial charge in [0.2, 0.25) is 12.2 Å². The zero-order chi connectivity index (χ0) is 26.6. The molecule has 35 heavy (non-hydrogen) atoms. The van der Waals surface area contributed by atoms with Crippen molar-refractivity contribution in [2.45, 2.75) is 91.1 Å². The minimum atomic E-state index is -0.773. The summed E-state index contributed by atoms with van der Waals surface area (Å²) in [6.45, 7) is 8.84. The van der Waals surface area contributed by atoms with Crippen LogP contribution in [0.5, 0.6) is 5.75 Å². The summed E-state index contributed by atoms with van der Waals surface area (Å²) in [5.74, 6) is 0.373. The van der Waals surface area contributed by atoms with Crippen molar-refractivity contribution in [2.24, 2.45) is 5.73 Å². The van der Waals surface area contributed by atoms with E-state index in [9.17, 15) is 15.0 Å². The summed E-state index contributed by atoms with van der Waals surface area (Å²) in [7, 11) is 3.92. The highest BCUT2D eigenvalue weighted by atomic mass is 16.7. The summed E-state index contributed by atoms with van der Waals surface area (Å²) >= 11 is 0. The van der Waals surface area contributed by atoms with Crippen molar-refractivity contribution < 1.29 is 24.5 Å². The van der Waals surface area contributed by atoms with Gasteiger partial charge in [-0.2, -0.15) is 0 Å². The van der Waals surface area contributed by atoms with Crippen LogP contribution in [-0.2, 0) is 9.53 Å². The van der Waals surface area contributed by atoms with Crippen LogP contribution in [0, 0.1) is 0 Å². The van der Waals surface area contributed by atoms with E-state index in [0.717, 1.165) is 43.5 Å². The third kappa shape index (κ3) is 13.4. The molecule has 1 aromatic rings. The minimum absolute atomic E-state index is 0.0806. The molecule has 2 rings (SSSR count). The lowest BCUT2D eigenvalue weighted by Crippen LogP contribution is -2.43. The molecule has 0 saturated carbocycles. The van der Waals surface area contributed by atoms with E-state index in [0.29, 0.717) is 25.0 Å². The molecule has 1 aliphatic heterocycles. The van der Waals surface area contributed by atoms with Crippen molar-refractivity contribution in [2.75, 3.05) is 27.2 Å². The first kappa shape index (κ1) is 32.7. The first-order chi connectivity index (χ1) is 16.9. The summed E-state index contributed by atoms with van der Waals surface area (Å²) < 4.78 is 11.4. The molecule has 1 amide bonds. The minimum Gasteiger partial charge on any atom is -0.462 e. The molecule has 5 N–H and O–H groups in total. The number of aliphatic hydroxyl groups excluding tert-OH is 2. The number of hydrogen-bond acceptors (Lipinski definition) is 7. The Balaban J connectivity index is 0.00000274. The Kier molecular flexibility index (Phi) is 18.7. The molecule has 0 aliphatic carbocycles. The molecular weight excluding hydrogens is 446 g/mol. The van der Waals surface area contributed by atoms with Crippen LogP contribution >= 0.6 is 0 Å². The van der Waals surface area contributed by atoms with Crippen LogP contribution < -0.4 is 15.8 Å². The van der Waals surface area contributed by atoms with Crippen LogP contribution in [0.3, 0.4) is 0 Å². The average molecular weight is 496 g/mol. The lowest BCUT2D eigenvalue weighted by Gasteiger charge is -2.33. The highest BCUT2D eigenvalue weighted by Gasteiger charge is 2.31. The van der Waals surface area contributed by atoms with E-state index in [1.807, 2.05) is 66.1 Å². The fourth-order valence-electron chi connectivity index (χ4n) is 3.51. The van der Waals surface area contributed by atoms with E-state index in [2.05, 4.69) is 16.4 Å². The largest absolute Gasteiger partial charge is 0.462 e. The van der Waals surface area contributed by atoms with E-state index in [1.54, 1.807) is 0 Å². The van der Waals surface area contributed by atoms with E-state index < -0.39 is 12.4 Å². The van der Waals surface area contributed by atoms with Gasteiger partial charge < -0.3 is 35.6 Å². The van der Waals surface area contributed by atoms with E-state index in [-0.39, 0.29) is 18.6 Å². The maximum atomic E-state index is 10.8. The number of rotatable bonds is 13. The maximum Gasteiger partial charge on any atom is 0.226 e. The number of hydrogen-bond donors (Lipinski definition) is 4. The Morgan fingerprint density at radius 1 is 1.14 bits per heavy atom. The Morgan fingerprint density at radius 2 is 1.77 bits per heavy atom. The number of ether oxygens (including phenoxy) is 2. The van der Waals surface area contributed by atoms with Gasteiger partial charge in [0.25, 0.3) is 0 Å². The number of nitrogens with two attached hydrogens (primary N) is 1. The molecule has 8 nitrogen and oxygen atoms in total. The molecule has 8 heteroatoms. The second kappa shape index (κ2) is 20.0. The number of amides is 1. The van der Waals surface area contributed by atoms with Gasteiger partial charge in [0.1, 0.15) is 11.9 Å². The fraction of sp³-hybridized carbons (Fsp3) is 0.667. The molecular formula is C27H49N3O5. The summed E-state index contributed by atoms with van der Waals surface area (Å²) in [6, 6.07) is 7.60. The van der Waals surface area contributed by atoms with E-state index in [1.165, 1.54) is 0 Å². The number of carbonyl (C=O) groups excluding carboxylic acids is 1. The first-order valence-corrected chi connectivity index (χ1v) is 13.0. The molecule has 0 radical (unpaired) electrons. The number of carbonyl (C=O) groups is 1. The van der Waals surface area contributed by atoms with Crippen molar-refractivity contribution in [3.63, 3.8) is 0 Å². The highest BCUT2D eigenvalue weighted by Crippen LogP contribution is 2.24. The van der Waals surface area contributed by atoms with E-state index >= 15 is 0 Å². The number of primary amides is 1. The van der Waals surface area contributed by atoms with E-state index in [4.69, 9.17) is 15.2 Å². The SMILES string of the molecule is CC.CC.CN/C(=C\N(C)CCCCCCC(N)=O)c1ccc(O[C@H]2OC(CO)CCC2O)cc1. The second-order valence-electron chi connectivity index (χ2n) is 8.00. The molecule has 0 aromatic heterocycles. The normalized spacial score (nSPS) is 19.4. The van der Waals surface area contributed by atoms with Gasteiger partial charge >= 0.3 is 0 Å². The number of nitrogens with zero attached hydrogens (tertiary/aromatic N) is 1. The van der Waals surface area contributed by atoms with Crippen molar-refractivity contribution >= 4 is 11.6 Å². The molecule has 0 spiro atoms. The zero-order valence-electron chi connectivity index (χ0n) is 22.6. The number of aliphatic hydroxyl groups is 2. The fourth-order valence-corrected chi connectivity index (χ4v) is 3.51. The van der Waals surface area contributed by atoms with Crippen LogP contribution in [0.15, 0.2) is 30.5 Å². The number of nitrogens with one attached hydrogen (secondary N) is 1. The van der Waals surface area contributed by atoms with Crippen LogP contribution in [0.1, 0.15) is 78.2 Å². The van der Waals surface area contributed by atoms with Gasteiger partial charge in [-0.05, 0) is 55.5 Å². The third-order valence-electron chi connectivity index (χ3n) is 5.35. The van der Waals surface area contributed by atoms with Crippen LogP contribution in [0.4, 0.5) is 0 Å². The Hall–Kier alpha value is -2.29. The monoisotopic (exact) mass is 495 g/mol. The number of unbranched alkanes of at least 4 members (excludes halogenated alkanes) is 3. The Morgan fingerprint density at radius 3 is 2.34 bits per heavy atom. The zero-order valence-corrected chi connectivity index (χ0v) is 22.6. The lowest BCUT2D eigenvalue weighted by molar-refractivity contribution is -0.208. The predicted molar refractivity (Wildman–Crippen MR) is 143 cm³/mol. The topological polar surface area (TPSA) is 117 Å². The molecule has 1 heterocycles. The van der Waals surface area contributed by atoms with Crippen molar-refractivity contribution in [1.82, 2.24) is 10.2 Å². The molecule has 202 valence electrons. The maximum absolute atomic E-state index is 10.8. The lowest BCUT2D eigenvalue weighted by atomic mass is 10.1. The predicted octanol–water partition coefficient (Wildman–Crippen LogP) is 3.86. The average Bonchev–Trinajstić information content (AvgIpc) is 2.88. The molecule has 1 aromatic carbocycles. The van der Waals surface area contributed by atoms with Gasteiger partial charge in [-0.25, -0.2) is 0 Å². The number of benzene rings is 1. The molecule has 2 unspecified atom stereocenters. The summed E-state index contributed by atoms with van der Waals surface area (Å²) in [4.78, 5) is 12.9. The smallest absolute Gasteiger partial charge is 0.226 e. The van der Waals surface area contributed by atoms with Crippen LogP contribution in [-0.4, -0.2) is 66.8 Å². The summed E-state index contributed by atoms with van der Waals surface area (Å²) in [6.07, 6.45) is 5.90. The molecule has 0 bridgehead atoms. The summed E-state index contributed by atoms with van der Waals surface area (Å²) in [5.41, 5.74) is 7.16.